The first kappa shape index (κ1) is 12.4. The predicted octanol–water partition coefficient (Wildman–Crippen LogP) is -0.957. The molecule has 1 aliphatic rings. The zero-order chi connectivity index (χ0) is 11.1. The van der Waals surface area contributed by atoms with E-state index in [1.165, 1.54) is 0 Å². The number of carbonyl (C=O) groups excluding carboxylic acids is 1. The molecule has 15 heavy (non-hydrogen) atoms. The van der Waals surface area contributed by atoms with Crippen molar-refractivity contribution in [2.24, 2.45) is 0 Å². The Hall–Kier alpha value is -0.650. The Morgan fingerprint density at radius 1 is 1.60 bits per heavy atom. The molecule has 88 valence electrons. The molecule has 5 heteroatoms. The van der Waals surface area contributed by atoms with E-state index in [-0.39, 0.29) is 11.9 Å². The van der Waals surface area contributed by atoms with Crippen molar-refractivity contribution in [3.8, 4) is 0 Å². The summed E-state index contributed by atoms with van der Waals surface area (Å²) in [6, 6.07) is 0.179. The van der Waals surface area contributed by atoms with Crippen LogP contribution in [0.5, 0.6) is 0 Å². The predicted molar refractivity (Wildman–Crippen MR) is 58.8 cm³/mol. The maximum absolute atomic E-state index is 11.5. The third kappa shape index (κ3) is 5.71. The van der Waals surface area contributed by atoms with Gasteiger partial charge in [0.15, 0.2) is 0 Å². The van der Waals surface area contributed by atoms with Crippen molar-refractivity contribution in [1.82, 2.24) is 15.5 Å². The number of morpholine rings is 1. The molecule has 1 rings (SSSR count). The van der Waals surface area contributed by atoms with Gasteiger partial charge >= 0.3 is 0 Å². The van der Waals surface area contributed by atoms with Gasteiger partial charge in [-0.25, -0.2) is 0 Å². The molecule has 1 heterocycles. The number of rotatable bonds is 5. The second-order valence-electron chi connectivity index (χ2n) is 4.08. The minimum Gasteiger partial charge on any atom is -0.378 e. The standard InChI is InChI=1S/C10H21N3O2/c1-13(2)5-3-12-10(14)7-9-8-15-6-4-11-9/h9,11H,3-8H2,1-2H3,(H,12,14). The average Bonchev–Trinajstić information content (AvgIpc) is 2.18. The van der Waals surface area contributed by atoms with Gasteiger partial charge in [0.1, 0.15) is 0 Å². The van der Waals surface area contributed by atoms with Crippen LogP contribution in [0.15, 0.2) is 0 Å². The second-order valence-corrected chi connectivity index (χ2v) is 4.08. The first-order valence-electron chi connectivity index (χ1n) is 5.41. The molecule has 0 aromatic heterocycles. The van der Waals surface area contributed by atoms with E-state index in [9.17, 15) is 4.79 Å². The van der Waals surface area contributed by atoms with Gasteiger partial charge in [-0.3, -0.25) is 4.79 Å². The summed E-state index contributed by atoms with van der Waals surface area (Å²) in [7, 11) is 3.98. The van der Waals surface area contributed by atoms with Gasteiger partial charge in [0.05, 0.1) is 13.2 Å². The zero-order valence-corrected chi connectivity index (χ0v) is 9.58. The fourth-order valence-electron chi connectivity index (χ4n) is 1.47. The van der Waals surface area contributed by atoms with Crippen molar-refractivity contribution in [2.45, 2.75) is 12.5 Å². The molecule has 0 aromatic carbocycles. The lowest BCUT2D eigenvalue weighted by atomic mass is 10.2. The van der Waals surface area contributed by atoms with Gasteiger partial charge in [0, 0.05) is 32.1 Å². The summed E-state index contributed by atoms with van der Waals surface area (Å²) in [5.74, 6) is 0.0971. The van der Waals surface area contributed by atoms with Crippen LogP contribution in [-0.4, -0.2) is 63.8 Å². The van der Waals surface area contributed by atoms with Crippen LogP contribution in [0.25, 0.3) is 0 Å². The molecule has 0 spiro atoms. The number of nitrogens with one attached hydrogen (secondary N) is 2. The summed E-state index contributed by atoms with van der Waals surface area (Å²) in [5, 5.41) is 6.14. The number of ether oxygens (including phenoxy) is 1. The number of nitrogens with zero attached hydrogens (tertiary/aromatic N) is 1. The summed E-state index contributed by atoms with van der Waals surface area (Å²) in [5.41, 5.74) is 0. The van der Waals surface area contributed by atoms with Gasteiger partial charge in [0.25, 0.3) is 0 Å². The number of carbonyl (C=O) groups is 1. The van der Waals surface area contributed by atoms with Crippen LogP contribution in [0.1, 0.15) is 6.42 Å². The highest BCUT2D eigenvalue weighted by Crippen LogP contribution is 1.97. The second kappa shape index (κ2) is 6.76. The van der Waals surface area contributed by atoms with Crippen molar-refractivity contribution in [3.63, 3.8) is 0 Å². The molecule has 0 radical (unpaired) electrons. The molecular formula is C10H21N3O2. The van der Waals surface area contributed by atoms with Crippen LogP contribution in [0.3, 0.4) is 0 Å². The van der Waals surface area contributed by atoms with Gasteiger partial charge in [0.2, 0.25) is 5.91 Å². The lowest BCUT2D eigenvalue weighted by Crippen LogP contribution is -2.44. The Bertz CT molecular complexity index is 191. The number of likely N-dealkylation sites (N-methyl/N-ethyl adjacent to an activating group) is 1. The minimum absolute atomic E-state index is 0.0971. The first-order chi connectivity index (χ1) is 7.18. The fraction of sp³-hybridized carbons (Fsp3) is 0.900. The zero-order valence-electron chi connectivity index (χ0n) is 9.58. The maximum Gasteiger partial charge on any atom is 0.221 e. The van der Waals surface area contributed by atoms with Crippen LogP contribution in [0, 0.1) is 0 Å². The van der Waals surface area contributed by atoms with Crippen molar-refractivity contribution in [1.29, 1.82) is 0 Å². The molecule has 1 fully saturated rings. The van der Waals surface area contributed by atoms with Gasteiger partial charge in [-0.05, 0) is 14.1 Å². The monoisotopic (exact) mass is 215 g/mol. The molecule has 0 bridgehead atoms. The van der Waals surface area contributed by atoms with Gasteiger partial charge < -0.3 is 20.3 Å². The fourth-order valence-corrected chi connectivity index (χ4v) is 1.47. The molecule has 2 N–H and O–H groups in total. The van der Waals surface area contributed by atoms with Crippen molar-refractivity contribution < 1.29 is 9.53 Å². The summed E-state index contributed by atoms with van der Waals surface area (Å²) in [4.78, 5) is 13.5. The van der Waals surface area contributed by atoms with E-state index in [0.717, 1.165) is 19.7 Å². The summed E-state index contributed by atoms with van der Waals surface area (Å²) >= 11 is 0. The third-order valence-corrected chi connectivity index (χ3v) is 2.31. The smallest absolute Gasteiger partial charge is 0.221 e. The molecule has 0 saturated carbocycles. The van der Waals surface area contributed by atoms with Crippen LogP contribution in [-0.2, 0) is 9.53 Å². The van der Waals surface area contributed by atoms with Crippen LogP contribution in [0.4, 0.5) is 0 Å². The lowest BCUT2D eigenvalue weighted by Gasteiger charge is -2.23. The quantitative estimate of drug-likeness (QED) is 0.620. The summed E-state index contributed by atoms with van der Waals surface area (Å²) in [6.45, 7) is 3.81. The highest BCUT2D eigenvalue weighted by molar-refractivity contribution is 5.76. The topological polar surface area (TPSA) is 53.6 Å². The molecule has 1 unspecified atom stereocenters. The Labute approximate surface area is 91.2 Å². The Balaban J connectivity index is 2.06. The first-order valence-corrected chi connectivity index (χ1v) is 5.41. The molecule has 1 atom stereocenters. The molecule has 1 amide bonds. The van der Waals surface area contributed by atoms with E-state index >= 15 is 0 Å². The molecular weight excluding hydrogens is 194 g/mol. The SMILES string of the molecule is CN(C)CCNC(=O)CC1COCCN1. The minimum atomic E-state index is 0.0971. The van der Waals surface area contributed by atoms with E-state index in [2.05, 4.69) is 10.6 Å². The van der Waals surface area contributed by atoms with Crippen LogP contribution >= 0.6 is 0 Å². The Kier molecular flexibility index (Phi) is 5.60. The maximum atomic E-state index is 11.5. The summed E-state index contributed by atoms with van der Waals surface area (Å²) < 4.78 is 5.27. The van der Waals surface area contributed by atoms with Gasteiger partial charge in [-0.15, -0.1) is 0 Å². The Morgan fingerprint density at radius 2 is 2.40 bits per heavy atom. The van der Waals surface area contributed by atoms with E-state index in [1.807, 2.05) is 19.0 Å². The average molecular weight is 215 g/mol. The van der Waals surface area contributed by atoms with E-state index in [1.54, 1.807) is 0 Å². The van der Waals surface area contributed by atoms with E-state index < -0.39 is 0 Å². The Morgan fingerprint density at radius 3 is 3.00 bits per heavy atom. The highest BCUT2D eigenvalue weighted by Gasteiger charge is 2.16. The van der Waals surface area contributed by atoms with Gasteiger partial charge in [-0.1, -0.05) is 0 Å². The van der Waals surface area contributed by atoms with Crippen molar-refractivity contribution >= 4 is 5.91 Å². The molecule has 5 nitrogen and oxygen atoms in total. The largest absolute Gasteiger partial charge is 0.378 e. The normalized spacial score (nSPS) is 21.7. The third-order valence-electron chi connectivity index (χ3n) is 2.31. The van der Waals surface area contributed by atoms with Crippen LogP contribution in [0.2, 0.25) is 0 Å². The number of amides is 1. The molecule has 0 aliphatic carbocycles. The number of hydrogen-bond acceptors (Lipinski definition) is 4. The summed E-state index contributed by atoms with van der Waals surface area (Å²) in [6.07, 6.45) is 0.507. The lowest BCUT2D eigenvalue weighted by molar-refractivity contribution is -0.122. The van der Waals surface area contributed by atoms with E-state index in [0.29, 0.717) is 19.6 Å². The number of hydrogen-bond donors (Lipinski definition) is 2. The molecule has 1 saturated heterocycles. The molecule has 1 aliphatic heterocycles. The molecule has 0 aromatic rings. The van der Waals surface area contributed by atoms with Crippen LogP contribution < -0.4 is 10.6 Å². The van der Waals surface area contributed by atoms with E-state index in [4.69, 9.17) is 4.74 Å². The van der Waals surface area contributed by atoms with Crippen molar-refractivity contribution in [3.05, 3.63) is 0 Å². The van der Waals surface area contributed by atoms with Gasteiger partial charge in [-0.2, -0.15) is 0 Å². The van der Waals surface area contributed by atoms with Crippen molar-refractivity contribution in [2.75, 3.05) is 46.9 Å². The highest BCUT2D eigenvalue weighted by atomic mass is 16.5.